The number of piperazine rings is 1. The fourth-order valence-corrected chi connectivity index (χ4v) is 4.70. The second-order valence-corrected chi connectivity index (χ2v) is 8.78. The van der Waals surface area contributed by atoms with Gasteiger partial charge in [0.25, 0.3) is 0 Å². The van der Waals surface area contributed by atoms with Gasteiger partial charge in [-0.15, -0.1) is 10.2 Å². The Morgan fingerprint density at radius 2 is 1.61 bits per heavy atom. The molecule has 4 rings (SSSR count). The average molecular weight is 398 g/mol. The minimum Gasteiger partial charge on any atom is -0.352 e. The molecule has 0 N–H and O–H groups in total. The molecule has 28 heavy (non-hydrogen) atoms. The molecule has 0 unspecified atom stereocenters. The van der Waals surface area contributed by atoms with Gasteiger partial charge >= 0.3 is 0 Å². The SMILES string of the molecule is Cc1ccc(S(=O)(=O)N2CCN(c3ccc(-n4cccn4)nn3)CC2)cc1C. The number of hydrogen-bond donors (Lipinski definition) is 0. The predicted molar refractivity (Wildman–Crippen MR) is 106 cm³/mol. The highest BCUT2D eigenvalue weighted by Gasteiger charge is 2.29. The summed E-state index contributed by atoms with van der Waals surface area (Å²) in [6.45, 7) is 5.87. The third kappa shape index (κ3) is 3.50. The van der Waals surface area contributed by atoms with Gasteiger partial charge in [0.1, 0.15) is 0 Å². The molecule has 0 atom stereocenters. The summed E-state index contributed by atoms with van der Waals surface area (Å²) in [5, 5.41) is 12.6. The van der Waals surface area contributed by atoms with Crippen LogP contribution in [0, 0.1) is 13.8 Å². The van der Waals surface area contributed by atoms with E-state index >= 15 is 0 Å². The highest BCUT2D eigenvalue weighted by molar-refractivity contribution is 7.89. The molecule has 1 aliphatic heterocycles. The Labute approximate surface area is 164 Å². The molecule has 146 valence electrons. The van der Waals surface area contributed by atoms with Crippen molar-refractivity contribution in [3.63, 3.8) is 0 Å². The molecule has 0 spiro atoms. The fourth-order valence-electron chi connectivity index (χ4n) is 3.19. The minimum atomic E-state index is -3.48. The van der Waals surface area contributed by atoms with E-state index in [2.05, 4.69) is 15.3 Å². The average Bonchev–Trinajstić information content (AvgIpc) is 3.25. The van der Waals surface area contributed by atoms with Gasteiger partial charge in [0, 0.05) is 38.6 Å². The maximum atomic E-state index is 12.9. The van der Waals surface area contributed by atoms with E-state index in [1.54, 1.807) is 33.5 Å². The standard InChI is InChI=1S/C19H22N6O2S/c1-15-4-5-17(14-16(15)2)28(26,27)24-12-10-23(11-13-24)18-6-7-19(22-21-18)25-9-3-8-20-25/h3-9,14H,10-13H2,1-2H3. The first-order valence-electron chi connectivity index (χ1n) is 9.11. The van der Waals surface area contributed by atoms with Gasteiger partial charge < -0.3 is 4.90 Å². The lowest BCUT2D eigenvalue weighted by molar-refractivity contribution is 0.383. The van der Waals surface area contributed by atoms with Gasteiger partial charge in [0.2, 0.25) is 10.0 Å². The Morgan fingerprint density at radius 1 is 0.893 bits per heavy atom. The Hall–Kier alpha value is -2.78. The van der Waals surface area contributed by atoms with Crippen molar-refractivity contribution in [2.45, 2.75) is 18.7 Å². The van der Waals surface area contributed by atoms with Crippen LogP contribution in [0.3, 0.4) is 0 Å². The van der Waals surface area contributed by atoms with Crippen molar-refractivity contribution >= 4 is 15.8 Å². The molecule has 2 aromatic heterocycles. The first-order valence-corrected chi connectivity index (χ1v) is 10.6. The van der Waals surface area contributed by atoms with E-state index in [0.717, 1.165) is 16.9 Å². The Balaban J connectivity index is 1.44. The zero-order valence-electron chi connectivity index (χ0n) is 15.9. The minimum absolute atomic E-state index is 0.354. The van der Waals surface area contributed by atoms with Crippen LogP contribution in [-0.2, 0) is 10.0 Å². The molecule has 1 fully saturated rings. The van der Waals surface area contributed by atoms with Crippen LogP contribution in [0.2, 0.25) is 0 Å². The Kier molecular flexibility index (Phi) is 4.86. The van der Waals surface area contributed by atoms with E-state index in [-0.39, 0.29) is 0 Å². The van der Waals surface area contributed by atoms with Crippen molar-refractivity contribution in [2.24, 2.45) is 0 Å². The van der Waals surface area contributed by atoms with E-state index in [9.17, 15) is 8.42 Å². The molecule has 0 aliphatic carbocycles. The highest BCUT2D eigenvalue weighted by atomic mass is 32.2. The molecule has 3 heterocycles. The third-order valence-electron chi connectivity index (χ3n) is 5.05. The maximum Gasteiger partial charge on any atom is 0.243 e. The topological polar surface area (TPSA) is 84.2 Å². The highest BCUT2D eigenvalue weighted by Crippen LogP contribution is 2.22. The lowest BCUT2D eigenvalue weighted by Gasteiger charge is -2.34. The Morgan fingerprint density at radius 3 is 2.21 bits per heavy atom. The van der Waals surface area contributed by atoms with Crippen molar-refractivity contribution in [2.75, 3.05) is 31.1 Å². The number of rotatable bonds is 4. The zero-order chi connectivity index (χ0) is 19.7. The van der Waals surface area contributed by atoms with Gasteiger partial charge in [-0.05, 0) is 55.3 Å². The summed E-state index contributed by atoms with van der Waals surface area (Å²) in [6, 6.07) is 10.9. The van der Waals surface area contributed by atoms with E-state index < -0.39 is 10.0 Å². The van der Waals surface area contributed by atoms with Gasteiger partial charge in [0.05, 0.1) is 4.90 Å². The molecule has 9 heteroatoms. The first kappa shape index (κ1) is 18.6. The van der Waals surface area contributed by atoms with Crippen LogP contribution in [-0.4, -0.2) is 58.9 Å². The number of aryl methyl sites for hydroxylation is 2. The van der Waals surface area contributed by atoms with E-state index in [1.165, 1.54) is 0 Å². The third-order valence-corrected chi connectivity index (χ3v) is 6.95. The monoisotopic (exact) mass is 398 g/mol. The van der Waals surface area contributed by atoms with Crippen LogP contribution in [0.1, 0.15) is 11.1 Å². The normalized spacial score (nSPS) is 15.7. The molecular weight excluding hydrogens is 376 g/mol. The molecule has 0 radical (unpaired) electrons. The van der Waals surface area contributed by atoms with E-state index in [0.29, 0.717) is 36.9 Å². The second-order valence-electron chi connectivity index (χ2n) is 6.84. The van der Waals surface area contributed by atoms with Crippen LogP contribution in [0.5, 0.6) is 0 Å². The van der Waals surface area contributed by atoms with Gasteiger partial charge in [-0.1, -0.05) is 6.07 Å². The molecule has 0 bridgehead atoms. The van der Waals surface area contributed by atoms with Gasteiger partial charge in [-0.3, -0.25) is 0 Å². The van der Waals surface area contributed by atoms with Crippen molar-refractivity contribution in [3.8, 4) is 5.82 Å². The number of sulfonamides is 1. The quantitative estimate of drug-likeness (QED) is 0.666. The zero-order valence-corrected chi connectivity index (χ0v) is 16.7. The molecular formula is C19H22N6O2S. The molecule has 1 aromatic carbocycles. The van der Waals surface area contributed by atoms with Crippen molar-refractivity contribution in [1.29, 1.82) is 0 Å². The summed E-state index contributed by atoms with van der Waals surface area (Å²) in [7, 11) is -3.48. The molecule has 8 nitrogen and oxygen atoms in total. The number of nitrogens with zero attached hydrogens (tertiary/aromatic N) is 6. The lowest BCUT2D eigenvalue weighted by Crippen LogP contribution is -2.49. The van der Waals surface area contributed by atoms with Crippen LogP contribution >= 0.6 is 0 Å². The summed E-state index contributed by atoms with van der Waals surface area (Å²) in [5.74, 6) is 1.38. The lowest BCUT2D eigenvalue weighted by atomic mass is 10.1. The molecule has 3 aromatic rings. The number of aromatic nitrogens is 4. The van der Waals surface area contributed by atoms with Crippen molar-refractivity contribution in [1.82, 2.24) is 24.3 Å². The maximum absolute atomic E-state index is 12.9. The Bertz CT molecular complexity index is 1060. The summed E-state index contributed by atoms with van der Waals surface area (Å²) >= 11 is 0. The molecule has 0 amide bonds. The summed E-state index contributed by atoms with van der Waals surface area (Å²) < 4.78 is 29.1. The van der Waals surface area contributed by atoms with Gasteiger partial charge in [-0.2, -0.15) is 9.40 Å². The number of benzene rings is 1. The number of anilines is 1. The van der Waals surface area contributed by atoms with E-state index in [4.69, 9.17) is 0 Å². The van der Waals surface area contributed by atoms with Crippen molar-refractivity contribution in [3.05, 3.63) is 59.9 Å². The van der Waals surface area contributed by atoms with E-state index in [1.807, 2.05) is 43.0 Å². The molecule has 1 aliphatic rings. The molecule has 0 saturated carbocycles. The number of hydrogen-bond acceptors (Lipinski definition) is 6. The second kappa shape index (κ2) is 7.33. The van der Waals surface area contributed by atoms with Crippen molar-refractivity contribution < 1.29 is 8.42 Å². The summed E-state index contributed by atoms with van der Waals surface area (Å²) in [5.41, 5.74) is 2.06. The summed E-state index contributed by atoms with van der Waals surface area (Å²) in [6.07, 6.45) is 3.49. The summed E-state index contributed by atoms with van der Waals surface area (Å²) in [4.78, 5) is 2.40. The fraction of sp³-hybridized carbons (Fsp3) is 0.316. The first-order chi connectivity index (χ1) is 13.4. The van der Waals surface area contributed by atoms with Crippen LogP contribution in [0.25, 0.3) is 5.82 Å². The van der Waals surface area contributed by atoms with Crippen LogP contribution in [0.15, 0.2) is 53.7 Å². The predicted octanol–water partition coefficient (Wildman–Crippen LogP) is 1.79. The molecule has 1 saturated heterocycles. The van der Waals surface area contributed by atoms with Crippen LogP contribution in [0.4, 0.5) is 5.82 Å². The largest absolute Gasteiger partial charge is 0.352 e. The van der Waals surface area contributed by atoms with Gasteiger partial charge in [0.15, 0.2) is 11.6 Å². The smallest absolute Gasteiger partial charge is 0.243 e. The van der Waals surface area contributed by atoms with Crippen LogP contribution < -0.4 is 4.90 Å². The van der Waals surface area contributed by atoms with Gasteiger partial charge in [-0.25, -0.2) is 13.1 Å².